The molecule has 0 aromatic heterocycles. The van der Waals surface area contributed by atoms with Crippen LogP contribution in [0.3, 0.4) is 0 Å². The molecular formula is C18H28N2O. The van der Waals surface area contributed by atoms with Crippen molar-refractivity contribution >= 4 is 5.91 Å². The molecular weight excluding hydrogens is 260 g/mol. The van der Waals surface area contributed by atoms with Crippen molar-refractivity contribution in [2.45, 2.75) is 58.5 Å². The number of hydrogen-bond acceptors (Lipinski definition) is 2. The van der Waals surface area contributed by atoms with Crippen molar-refractivity contribution in [3.63, 3.8) is 0 Å². The molecule has 2 N–H and O–H groups in total. The van der Waals surface area contributed by atoms with Gasteiger partial charge in [-0.25, -0.2) is 0 Å². The molecule has 0 bridgehead atoms. The Balaban J connectivity index is 1.93. The molecule has 0 unspecified atom stereocenters. The molecule has 2 rings (SSSR count). The molecule has 3 nitrogen and oxygen atoms in total. The quantitative estimate of drug-likeness (QED) is 0.926. The summed E-state index contributed by atoms with van der Waals surface area (Å²) in [7, 11) is 0. The van der Waals surface area contributed by atoms with Crippen molar-refractivity contribution in [2.75, 3.05) is 6.54 Å². The first-order chi connectivity index (χ1) is 9.95. The van der Waals surface area contributed by atoms with E-state index >= 15 is 0 Å². The molecule has 1 aromatic rings. The number of hydrogen-bond donors (Lipinski definition) is 1. The van der Waals surface area contributed by atoms with E-state index in [-0.39, 0.29) is 18.0 Å². The van der Waals surface area contributed by atoms with Crippen molar-refractivity contribution in [3.05, 3.63) is 35.4 Å². The molecule has 0 saturated carbocycles. The predicted molar refractivity (Wildman–Crippen MR) is 87.1 cm³/mol. The largest absolute Gasteiger partial charge is 0.340 e. The lowest BCUT2D eigenvalue weighted by Crippen LogP contribution is -2.48. The molecule has 1 aliphatic heterocycles. The van der Waals surface area contributed by atoms with Gasteiger partial charge in [0, 0.05) is 18.6 Å². The predicted octanol–water partition coefficient (Wildman–Crippen LogP) is 2.77. The topological polar surface area (TPSA) is 46.3 Å². The second-order valence-electron chi connectivity index (χ2n) is 6.81. The van der Waals surface area contributed by atoms with Gasteiger partial charge in [-0.15, -0.1) is 0 Å². The fourth-order valence-corrected chi connectivity index (χ4v) is 3.12. The number of rotatable bonds is 4. The maximum Gasteiger partial charge on any atom is 0.227 e. The Morgan fingerprint density at radius 3 is 2.48 bits per heavy atom. The number of carbonyl (C=O) groups excluding carboxylic acids is 1. The highest BCUT2D eigenvalue weighted by Gasteiger charge is 2.26. The Morgan fingerprint density at radius 2 is 1.90 bits per heavy atom. The molecule has 116 valence electrons. The van der Waals surface area contributed by atoms with Crippen LogP contribution in [-0.2, 0) is 17.6 Å². The molecule has 0 radical (unpaired) electrons. The van der Waals surface area contributed by atoms with Crippen LogP contribution in [0.4, 0.5) is 0 Å². The summed E-state index contributed by atoms with van der Waals surface area (Å²) in [6.45, 7) is 7.34. The number of carbonyl (C=O) groups is 1. The van der Waals surface area contributed by atoms with Gasteiger partial charge in [0.2, 0.25) is 5.91 Å². The molecule has 0 aliphatic carbocycles. The fraction of sp³-hybridized carbons (Fsp3) is 0.611. The fourth-order valence-electron chi connectivity index (χ4n) is 3.12. The van der Waals surface area contributed by atoms with Crippen molar-refractivity contribution < 1.29 is 4.79 Å². The van der Waals surface area contributed by atoms with Crippen LogP contribution in [0.2, 0.25) is 0 Å². The Bertz CT molecular complexity index is 467. The second-order valence-corrected chi connectivity index (χ2v) is 6.81. The Kier molecular flexibility index (Phi) is 5.40. The smallest absolute Gasteiger partial charge is 0.227 e. The van der Waals surface area contributed by atoms with Gasteiger partial charge in [0.15, 0.2) is 0 Å². The van der Waals surface area contributed by atoms with Gasteiger partial charge >= 0.3 is 0 Å². The zero-order valence-electron chi connectivity index (χ0n) is 13.5. The monoisotopic (exact) mass is 288 g/mol. The molecule has 1 fully saturated rings. The van der Waals surface area contributed by atoms with Gasteiger partial charge in [0.1, 0.15) is 0 Å². The van der Waals surface area contributed by atoms with Gasteiger partial charge in [-0.2, -0.15) is 0 Å². The average Bonchev–Trinajstić information content (AvgIpc) is 2.40. The minimum absolute atomic E-state index is 0.228. The Hall–Kier alpha value is -1.35. The first kappa shape index (κ1) is 16.0. The number of nitrogens with zero attached hydrogens (tertiary/aromatic N) is 1. The first-order valence-corrected chi connectivity index (χ1v) is 8.08. The third kappa shape index (κ3) is 4.57. The summed E-state index contributed by atoms with van der Waals surface area (Å²) in [6.07, 6.45) is 3.43. The highest BCUT2D eigenvalue weighted by Crippen LogP contribution is 2.18. The van der Waals surface area contributed by atoms with Crippen molar-refractivity contribution in [1.29, 1.82) is 0 Å². The summed E-state index contributed by atoms with van der Waals surface area (Å²) in [5.41, 5.74) is 8.41. The van der Waals surface area contributed by atoms with E-state index in [0.29, 0.717) is 12.3 Å². The number of nitrogens with two attached hydrogens (primary N) is 1. The van der Waals surface area contributed by atoms with Gasteiger partial charge in [-0.3, -0.25) is 4.79 Å². The van der Waals surface area contributed by atoms with E-state index in [9.17, 15) is 4.79 Å². The number of likely N-dealkylation sites (tertiary alicyclic amines) is 1. The maximum atomic E-state index is 12.4. The zero-order valence-corrected chi connectivity index (χ0v) is 13.5. The number of amides is 1. The SMILES string of the molecule is CC(C)Cc1ccc(CC(=O)N2CC[C@H](N)C[C@H]2C)cc1. The standard InChI is InChI=1S/C18H28N2O/c1-13(2)10-15-4-6-16(7-5-15)12-18(21)20-9-8-17(19)11-14(20)3/h4-7,13-14,17H,8-12,19H2,1-3H3/t14-,17+/m1/s1. The van der Waals surface area contributed by atoms with Crippen LogP contribution in [0.25, 0.3) is 0 Å². The summed E-state index contributed by atoms with van der Waals surface area (Å²) < 4.78 is 0. The van der Waals surface area contributed by atoms with Gasteiger partial charge < -0.3 is 10.6 Å². The van der Waals surface area contributed by atoms with Gasteiger partial charge in [0.05, 0.1) is 6.42 Å². The van der Waals surface area contributed by atoms with E-state index < -0.39 is 0 Å². The molecule has 1 aromatic carbocycles. The normalized spacial score (nSPS) is 22.6. The minimum Gasteiger partial charge on any atom is -0.340 e. The average molecular weight is 288 g/mol. The second kappa shape index (κ2) is 7.08. The summed E-state index contributed by atoms with van der Waals surface area (Å²) in [5, 5.41) is 0. The van der Waals surface area contributed by atoms with E-state index in [1.54, 1.807) is 0 Å². The van der Waals surface area contributed by atoms with Crippen molar-refractivity contribution in [3.8, 4) is 0 Å². The third-order valence-electron chi connectivity index (χ3n) is 4.26. The van der Waals surface area contributed by atoms with Crippen LogP contribution in [0, 0.1) is 5.92 Å². The highest BCUT2D eigenvalue weighted by atomic mass is 16.2. The van der Waals surface area contributed by atoms with E-state index in [0.717, 1.165) is 31.4 Å². The molecule has 1 amide bonds. The summed E-state index contributed by atoms with van der Waals surface area (Å²) in [5.74, 6) is 0.891. The summed E-state index contributed by atoms with van der Waals surface area (Å²) in [6, 6.07) is 9.00. The molecule has 1 saturated heterocycles. The van der Waals surface area contributed by atoms with Gasteiger partial charge in [0.25, 0.3) is 0 Å². The van der Waals surface area contributed by atoms with Gasteiger partial charge in [-0.1, -0.05) is 38.1 Å². The maximum absolute atomic E-state index is 12.4. The molecule has 1 heterocycles. The molecule has 3 heteroatoms. The van der Waals surface area contributed by atoms with Crippen LogP contribution in [-0.4, -0.2) is 29.4 Å². The van der Waals surface area contributed by atoms with Crippen LogP contribution in [0.1, 0.15) is 44.7 Å². The van der Waals surface area contributed by atoms with Crippen LogP contribution >= 0.6 is 0 Å². The van der Waals surface area contributed by atoms with E-state index in [2.05, 4.69) is 45.0 Å². The van der Waals surface area contributed by atoms with Gasteiger partial charge in [-0.05, 0) is 43.2 Å². The third-order valence-corrected chi connectivity index (χ3v) is 4.26. The summed E-state index contributed by atoms with van der Waals surface area (Å²) in [4.78, 5) is 14.4. The minimum atomic E-state index is 0.228. The van der Waals surface area contributed by atoms with E-state index in [1.807, 2.05) is 4.90 Å². The zero-order chi connectivity index (χ0) is 15.4. The Morgan fingerprint density at radius 1 is 1.29 bits per heavy atom. The van der Waals surface area contributed by atoms with Crippen LogP contribution < -0.4 is 5.73 Å². The molecule has 0 spiro atoms. The van der Waals surface area contributed by atoms with Crippen LogP contribution in [0.5, 0.6) is 0 Å². The number of benzene rings is 1. The Labute approximate surface area is 128 Å². The summed E-state index contributed by atoms with van der Waals surface area (Å²) >= 11 is 0. The lowest BCUT2D eigenvalue weighted by atomic mass is 9.97. The molecule has 21 heavy (non-hydrogen) atoms. The van der Waals surface area contributed by atoms with Crippen molar-refractivity contribution in [2.24, 2.45) is 11.7 Å². The number of piperidine rings is 1. The lowest BCUT2D eigenvalue weighted by Gasteiger charge is -2.36. The lowest BCUT2D eigenvalue weighted by molar-refractivity contribution is -0.133. The molecule has 1 aliphatic rings. The van der Waals surface area contributed by atoms with Crippen molar-refractivity contribution in [1.82, 2.24) is 4.90 Å². The van der Waals surface area contributed by atoms with E-state index in [1.165, 1.54) is 5.56 Å². The first-order valence-electron chi connectivity index (χ1n) is 8.08. The molecule has 2 atom stereocenters. The van der Waals surface area contributed by atoms with E-state index in [4.69, 9.17) is 5.73 Å². The van der Waals surface area contributed by atoms with Crippen LogP contribution in [0.15, 0.2) is 24.3 Å². The highest BCUT2D eigenvalue weighted by molar-refractivity contribution is 5.79.